The molecule has 2 atom stereocenters. The van der Waals surface area contributed by atoms with E-state index in [4.69, 9.17) is 4.74 Å². The second kappa shape index (κ2) is 6.80. The number of hydrogen-bond donors (Lipinski definition) is 1. The SMILES string of the molecule is COC(=O)C(C)CNCCC1CCOC1. The summed E-state index contributed by atoms with van der Waals surface area (Å²) < 4.78 is 9.93. The molecule has 1 saturated heterocycles. The Morgan fingerprint density at radius 2 is 2.47 bits per heavy atom. The van der Waals surface area contributed by atoms with E-state index in [2.05, 4.69) is 10.1 Å². The van der Waals surface area contributed by atoms with Crippen LogP contribution in [0, 0.1) is 11.8 Å². The van der Waals surface area contributed by atoms with Crippen molar-refractivity contribution in [1.29, 1.82) is 0 Å². The van der Waals surface area contributed by atoms with Gasteiger partial charge in [0.25, 0.3) is 0 Å². The molecular formula is C11H21NO3. The minimum atomic E-state index is -0.147. The summed E-state index contributed by atoms with van der Waals surface area (Å²) in [5.41, 5.74) is 0. The number of nitrogens with one attached hydrogen (secondary N) is 1. The van der Waals surface area contributed by atoms with Crippen molar-refractivity contribution in [2.24, 2.45) is 11.8 Å². The number of esters is 1. The molecule has 15 heavy (non-hydrogen) atoms. The van der Waals surface area contributed by atoms with Gasteiger partial charge in [-0.1, -0.05) is 6.92 Å². The zero-order valence-corrected chi connectivity index (χ0v) is 9.62. The molecule has 0 radical (unpaired) electrons. The van der Waals surface area contributed by atoms with Gasteiger partial charge in [0.2, 0.25) is 0 Å². The fourth-order valence-electron chi connectivity index (χ4n) is 1.72. The van der Waals surface area contributed by atoms with E-state index in [1.165, 1.54) is 13.5 Å². The average Bonchev–Trinajstić information content (AvgIpc) is 2.75. The van der Waals surface area contributed by atoms with Gasteiger partial charge in [-0.15, -0.1) is 0 Å². The van der Waals surface area contributed by atoms with Crippen molar-refractivity contribution in [3.63, 3.8) is 0 Å². The van der Waals surface area contributed by atoms with Gasteiger partial charge in [-0.05, 0) is 25.3 Å². The molecule has 0 saturated carbocycles. The third-order valence-electron chi connectivity index (χ3n) is 2.81. The lowest BCUT2D eigenvalue weighted by atomic mass is 10.1. The molecule has 1 aliphatic heterocycles. The number of carbonyl (C=O) groups excluding carboxylic acids is 1. The Hall–Kier alpha value is -0.610. The zero-order valence-electron chi connectivity index (χ0n) is 9.62. The first-order valence-electron chi connectivity index (χ1n) is 5.60. The van der Waals surface area contributed by atoms with Gasteiger partial charge >= 0.3 is 5.97 Å². The van der Waals surface area contributed by atoms with Crippen molar-refractivity contribution in [2.45, 2.75) is 19.8 Å². The molecule has 4 heteroatoms. The van der Waals surface area contributed by atoms with E-state index >= 15 is 0 Å². The van der Waals surface area contributed by atoms with Gasteiger partial charge in [0.05, 0.1) is 13.0 Å². The van der Waals surface area contributed by atoms with E-state index in [1.54, 1.807) is 0 Å². The Kier molecular flexibility index (Phi) is 5.65. The Labute approximate surface area is 91.3 Å². The van der Waals surface area contributed by atoms with Crippen LogP contribution >= 0.6 is 0 Å². The van der Waals surface area contributed by atoms with Gasteiger partial charge in [0.1, 0.15) is 0 Å². The average molecular weight is 215 g/mol. The van der Waals surface area contributed by atoms with Gasteiger partial charge in [0, 0.05) is 19.8 Å². The topological polar surface area (TPSA) is 47.6 Å². The Balaban J connectivity index is 1.98. The summed E-state index contributed by atoms with van der Waals surface area (Å²) in [5, 5.41) is 3.27. The minimum Gasteiger partial charge on any atom is -0.469 e. The first kappa shape index (κ1) is 12.5. The smallest absolute Gasteiger partial charge is 0.309 e. The predicted octanol–water partition coefficient (Wildman–Crippen LogP) is 0.812. The number of methoxy groups -OCH3 is 1. The highest BCUT2D eigenvalue weighted by Gasteiger charge is 2.16. The van der Waals surface area contributed by atoms with E-state index in [9.17, 15) is 4.79 Å². The first-order chi connectivity index (χ1) is 7.24. The van der Waals surface area contributed by atoms with Gasteiger partial charge in [-0.3, -0.25) is 4.79 Å². The summed E-state index contributed by atoms with van der Waals surface area (Å²) in [6, 6.07) is 0. The zero-order chi connectivity index (χ0) is 11.1. The van der Waals surface area contributed by atoms with E-state index in [1.807, 2.05) is 6.92 Å². The lowest BCUT2D eigenvalue weighted by molar-refractivity contribution is -0.144. The van der Waals surface area contributed by atoms with Crippen LogP contribution in [-0.4, -0.2) is 39.4 Å². The minimum absolute atomic E-state index is 0.0603. The largest absolute Gasteiger partial charge is 0.469 e. The molecule has 1 N–H and O–H groups in total. The Bertz CT molecular complexity index is 190. The van der Waals surface area contributed by atoms with Crippen LogP contribution in [0.15, 0.2) is 0 Å². The maximum atomic E-state index is 11.1. The van der Waals surface area contributed by atoms with E-state index in [0.29, 0.717) is 12.5 Å². The summed E-state index contributed by atoms with van der Waals surface area (Å²) in [4.78, 5) is 11.1. The van der Waals surface area contributed by atoms with Gasteiger partial charge in [0.15, 0.2) is 0 Å². The van der Waals surface area contributed by atoms with Crippen LogP contribution in [0.2, 0.25) is 0 Å². The molecule has 0 spiro atoms. The molecule has 4 nitrogen and oxygen atoms in total. The molecule has 0 bridgehead atoms. The molecule has 1 fully saturated rings. The van der Waals surface area contributed by atoms with Gasteiger partial charge in [-0.25, -0.2) is 0 Å². The second-order valence-electron chi connectivity index (χ2n) is 4.15. The van der Waals surface area contributed by atoms with Crippen molar-refractivity contribution in [3.8, 4) is 0 Å². The highest BCUT2D eigenvalue weighted by atomic mass is 16.5. The standard InChI is InChI=1S/C11H21NO3/c1-9(11(13)14-2)7-12-5-3-10-4-6-15-8-10/h9-10,12H,3-8H2,1-2H3. The first-order valence-corrected chi connectivity index (χ1v) is 5.60. The highest BCUT2D eigenvalue weighted by Crippen LogP contribution is 2.15. The van der Waals surface area contributed by atoms with E-state index < -0.39 is 0 Å². The van der Waals surface area contributed by atoms with Crippen LogP contribution in [0.3, 0.4) is 0 Å². The Morgan fingerprint density at radius 1 is 1.67 bits per heavy atom. The molecular weight excluding hydrogens is 194 g/mol. The fourth-order valence-corrected chi connectivity index (χ4v) is 1.72. The Morgan fingerprint density at radius 3 is 3.07 bits per heavy atom. The van der Waals surface area contributed by atoms with Crippen LogP contribution < -0.4 is 5.32 Å². The van der Waals surface area contributed by atoms with Crippen LogP contribution in [0.1, 0.15) is 19.8 Å². The summed E-state index contributed by atoms with van der Waals surface area (Å²) in [6.45, 7) is 5.32. The summed E-state index contributed by atoms with van der Waals surface area (Å²) in [5.74, 6) is 0.493. The van der Waals surface area contributed by atoms with Gasteiger partial charge < -0.3 is 14.8 Å². The predicted molar refractivity (Wildman–Crippen MR) is 57.6 cm³/mol. The molecule has 2 unspecified atom stereocenters. The third kappa shape index (κ3) is 4.62. The van der Waals surface area contributed by atoms with Crippen LogP contribution in [0.5, 0.6) is 0 Å². The van der Waals surface area contributed by atoms with Crippen LogP contribution in [-0.2, 0) is 14.3 Å². The molecule has 0 aromatic rings. The van der Waals surface area contributed by atoms with Gasteiger partial charge in [-0.2, -0.15) is 0 Å². The highest BCUT2D eigenvalue weighted by molar-refractivity contribution is 5.71. The maximum Gasteiger partial charge on any atom is 0.309 e. The lowest BCUT2D eigenvalue weighted by Crippen LogP contribution is -2.28. The molecule has 0 aromatic heterocycles. The molecule has 1 rings (SSSR count). The van der Waals surface area contributed by atoms with Crippen molar-refractivity contribution in [3.05, 3.63) is 0 Å². The number of hydrogen-bond acceptors (Lipinski definition) is 4. The summed E-state index contributed by atoms with van der Waals surface area (Å²) >= 11 is 0. The quantitative estimate of drug-likeness (QED) is 0.526. The molecule has 0 amide bonds. The van der Waals surface area contributed by atoms with Crippen LogP contribution in [0.25, 0.3) is 0 Å². The molecule has 1 heterocycles. The van der Waals surface area contributed by atoms with Crippen molar-refractivity contribution >= 4 is 5.97 Å². The monoisotopic (exact) mass is 215 g/mol. The van der Waals surface area contributed by atoms with Crippen molar-refractivity contribution in [1.82, 2.24) is 5.32 Å². The number of carbonyl (C=O) groups is 1. The van der Waals surface area contributed by atoms with Crippen LogP contribution in [0.4, 0.5) is 0 Å². The van der Waals surface area contributed by atoms with E-state index in [0.717, 1.165) is 26.2 Å². The van der Waals surface area contributed by atoms with Crippen molar-refractivity contribution < 1.29 is 14.3 Å². The maximum absolute atomic E-state index is 11.1. The summed E-state index contributed by atoms with van der Waals surface area (Å²) in [6.07, 6.45) is 2.31. The number of ether oxygens (including phenoxy) is 2. The molecule has 88 valence electrons. The lowest BCUT2D eigenvalue weighted by Gasteiger charge is -2.11. The number of rotatable bonds is 6. The summed E-state index contributed by atoms with van der Waals surface area (Å²) in [7, 11) is 1.43. The fraction of sp³-hybridized carbons (Fsp3) is 0.909. The molecule has 1 aliphatic rings. The molecule has 0 aromatic carbocycles. The second-order valence-corrected chi connectivity index (χ2v) is 4.15. The van der Waals surface area contributed by atoms with Crippen molar-refractivity contribution in [2.75, 3.05) is 33.4 Å². The normalized spacial score (nSPS) is 22.7. The third-order valence-corrected chi connectivity index (χ3v) is 2.81. The van der Waals surface area contributed by atoms with E-state index in [-0.39, 0.29) is 11.9 Å². The molecule has 0 aliphatic carbocycles.